The molecule has 0 radical (unpaired) electrons. The quantitative estimate of drug-likeness (QED) is 0.741. The van der Waals surface area contributed by atoms with E-state index in [1.807, 2.05) is 0 Å². The van der Waals surface area contributed by atoms with E-state index in [1.165, 1.54) is 16.7 Å². The van der Waals surface area contributed by atoms with Crippen molar-refractivity contribution in [2.45, 2.75) is 32.6 Å². The second-order valence-corrected chi connectivity index (χ2v) is 3.16. The first-order chi connectivity index (χ1) is 5.83. The molecule has 13 heavy (non-hydrogen) atoms. The Morgan fingerprint density at radius 3 is 2.15 bits per heavy atom. The number of hydrogen-bond acceptors (Lipinski definition) is 1. The molecule has 0 aromatic heterocycles. The smallest absolute Gasteiger partial charge is 0.0476 e. The van der Waals surface area contributed by atoms with Gasteiger partial charge in [0.15, 0.2) is 0 Å². The Morgan fingerprint density at radius 2 is 1.69 bits per heavy atom. The Kier molecular flexibility index (Phi) is 5.76. The molecule has 0 amide bonds. The van der Waals surface area contributed by atoms with Gasteiger partial charge in [0.2, 0.25) is 0 Å². The van der Waals surface area contributed by atoms with Gasteiger partial charge in [-0.3, -0.25) is 0 Å². The van der Waals surface area contributed by atoms with Crippen LogP contribution in [0.2, 0.25) is 0 Å². The minimum atomic E-state index is 0. The van der Waals surface area contributed by atoms with Crippen LogP contribution in [-0.2, 0) is 18.7 Å². The molecule has 0 saturated heterocycles. The summed E-state index contributed by atoms with van der Waals surface area (Å²) in [6.07, 6.45) is 2.19. The molecule has 1 aromatic rings. The van der Waals surface area contributed by atoms with Crippen LogP contribution in [-0.4, -0.2) is 0 Å². The molecule has 0 heterocycles. The van der Waals surface area contributed by atoms with Gasteiger partial charge in [0.25, 0.3) is 0 Å². The van der Waals surface area contributed by atoms with Gasteiger partial charge in [0, 0.05) is 5.88 Å². The van der Waals surface area contributed by atoms with Crippen molar-refractivity contribution in [3.8, 4) is 0 Å². The van der Waals surface area contributed by atoms with Crippen molar-refractivity contribution in [3.63, 3.8) is 0 Å². The maximum Gasteiger partial charge on any atom is 0.0476 e. The third-order valence-corrected chi connectivity index (χ3v) is 2.54. The summed E-state index contributed by atoms with van der Waals surface area (Å²) in [6.45, 7) is 4.37. The Morgan fingerprint density at radius 1 is 1.08 bits per heavy atom. The van der Waals surface area contributed by atoms with E-state index in [2.05, 4.69) is 32.0 Å². The van der Waals surface area contributed by atoms with E-state index in [0.29, 0.717) is 5.88 Å². The summed E-state index contributed by atoms with van der Waals surface area (Å²) in [6, 6.07) is 6.40. The maximum absolute atomic E-state index is 5.84. The molecule has 0 aliphatic rings. The summed E-state index contributed by atoms with van der Waals surface area (Å²) in [5, 5.41) is 0. The molecular weight excluding hydrogens is 182 g/mol. The van der Waals surface area contributed by atoms with Crippen molar-refractivity contribution in [3.05, 3.63) is 34.9 Å². The molecule has 0 aliphatic carbocycles. The molecule has 0 bridgehead atoms. The second kappa shape index (κ2) is 6.01. The van der Waals surface area contributed by atoms with E-state index in [9.17, 15) is 0 Å². The summed E-state index contributed by atoms with van der Waals surface area (Å²) in [7, 11) is 0. The zero-order valence-corrected chi connectivity index (χ0v) is 9.19. The topological polar surface area (TPSA) is 35.0 Å². The monoisotopic (exact) mass is 199 g/mol. The summed E-state index contributed by atoms with van der Waals surface area (Å²) in [5.74, 6) is 0.636. The van der Waals surface area contributed by atoms with Gasteiger partial charge in [0.05, 0.1) is 0 Å². The van der Waals surface area contributed by atoms with Crippen molar-refractivity contribution in [2.24, 2.45) is 0 Å². The molecule has 0 fully saturated rings. The van der Waals surface area contributed by atoms with Crippen LogP contribution in [0.4, 0.5) is 0 Å². The van der Waals surface area contributed by atoms with Gasteiger partial charge in [0.1, 0.15) is 0 Å². The highest BCUT2D eigenvalue weighted by atomic mass is 35.5. The number of benzene rings is 1. The van der Waals surface area contributed by atoms with Crippen molar-refractivity contribution >= 4 is 11.6 Å². The average Bonchev–Trinajstić information content (AvgIpc) is 2.16. The fraction of sp³-hybridized carbons (Fsp3) is 0.455. The minimum absolute atomic E-state index is 0. The standard InChI is InChI=1S/C11H15Cl.H3N/c1-3-9-6-5-7-10(8-12)11(9)4-2;/h5-7H,3-4,8H2,1-2H3;1H3. The van der Waals surface area contributed by atoms with E-state index in [1.54, 1.807) is 0 Å². The Bertz CT molecular complexity index is 236. The number of alkyl halides is 1. The minimum Gasteiger partial charge on any atom is -0.344 e. The molecule has 0 spiro atoms. The maximum atomic E-state index is 5.84. The van der Waals surface area contributed by atoms with Crippen molar-refractivity contribution < 1.29 is 0 Å². The van der Waals surface area contributed by atoms with Gasteiger partial charge >= 0.3 is 0 Å². The van der Waals surface area contributed by atoms with Crippen molar-refractivity contribution in [1.29, 1.82) is 0 Å². The van der Waals surface area contributed by atoms with Gasteiger partial charge < -0.3 is 6.15 Å². The molecular formula is C11H18ClN. The first-order valence-corrected chi connectivity index (χ1v) is 5.02. The SMILES string of the molecule is CCc1cccc(CCl)c1CC.N. The highest BCUT2D eigenvalue weighted by molar-refractivity contribution is 6.17. The molecule has 74 valence electrons. The number of halogens is 1. The predicted molar refractivity (Wildman–Crippen MR) is 59.8 cm³/mol. The summed E-state index contributed by atoms with van der Waals surface area (Å²) in [5.41, 5.74) is 4.17. The van der Waals surface area contributed by atoms with Crippen LogP contribution in [0, 0.1) is 0 Å². The zero-order chi connectivity index (χ0) is 8.97. The first kappa shape index (κ1) is 12.5. The molecule has 0 aliphatic heterocycles. The largest absolute Gasteiger partial charge is 0.344 e. The van der Waals surface area contributed by atoms with Crippen molar-refractivity contribution in [2.75, 3.05) is 0 Å². The van der Waals surface area contributed by atoms with E-state index in [4.69, 9.17) is 11.6 Å². The number of aryl methyl sites for hydroxylation is 1. The van der Waals surface area contributed by atoms with E-state index >= 15 is 0 Å². The molecule has 0 saturated carbocycles. The predicted octanol–water partition coefficient (Wildman–Crippen LogP) is 3.71. The highest BCUT2D eigenvalue weighted by Gasteiger charge is 2.02. The van der Waals surface area contributed by atoms with Gasteiger partial charge in [-0.25, -0.2) is 0 Å². The highest BCUT2D eigenvalue weighted by Crippen LogP contribution is 2.17. The van der Waals surface area contributed by atoms with Gasteiger partial charge in [-0.15, -0.1) is 11.6 Å². The second-order valence-electron chi connectivity index (χ2n) is 2.90. The molecule has 3 N–H and O–H groups in total. The third kappa shape index (κ3) is 2.71. The molecule has 1 aromatic carbocycles. The third-order valence-electron chi connectivity index (χ3n) is 2.25. The Balaban J connectivity index is 0.00000144. The Labute approximate surface area is 85.7 Å². The fourth-order valence-electron chi connectivity index (χ4n) is 1.60. The summed E-state index contributed by atoms with van der Waals surface area (Å²) < 4.78 is 0. The average molecular weight is 200 g/mol. The molecule has 2 heteroatoms. The lowest BCUT2D eigenvalue weighted by atomic mass is 9.98. The van der Waals surface area contributed by atoms with E-state index < -0.39 is 0 Å². The molecule has 0 unspecified atom stereocenters. The van der Waals surface area contributed by atoms with Gasteiger partial charge in [-0.1, -0.05) is 32.0 Å². The summed E-state index contributed by atoms with van der Waals surface area (Å²) >= 11 is 5.84. The lowest BCUT2D eigenvalue weighted by Gasteiger charge is -2.09. The Hall–Kier alpha value is -0.530. The fourth-order valence-corrected chi connectivity index (χ4v) is 1.85. The van der Waals surface area contributed by atoms with E-state index in [0.717, 1.165) is 12.8 Å². The van der Waals surface area contributed by atoms with Gasteiger partial charge in [-0.05, 0) is 29.5 Å². The van der Waals surface area contributed by atoms with Crippen LogP contribution in [0.5, 0.6) is 0 Å². The van der Waals surface area contributed by atoms with Crippen LogP contribution in [0.1, 0.15) is 30.5 Å². The lowest BCUT2D eigenvalue weighted by molar-refractivity contribution is 1.01. The number of rotatable bonds is 3. The molecule has 1 nitrogen and oxygen atoms in total. The summed E-state index contributed by atoms with van der Waals surface area (Å²) in [4.78, 5) is 0. The molecule has 1 rings (SSSR count). The molecule has 0 atom stereocenters. The van der Waals surface area contributed by atoms with Crippen LogP contribution in [0.3, 0.4) is 0 Å². The van der Waals surface area contributed by atoms with Gasteiger partial charge in [-0.2, -0.15) is 0 Å². The van der Waals surface area contributed by atoms with Crippen LogP contribution in [0.25, 0.3) is 0 Å². The van der Waals surface area contributed by atoms with Crippen LogP contribution < -0.4 is 6.15 Å². The van der Waals surface area contributed by atoms with E-state index in [-0.39, 0.29) is 6.15 Å². The lowest BCUT2D eigenvalue weighted by Crippen LogP contribution is -1.95. The van der Waals surface area contributed by atoms with Crippen molar-refractivity contribution in [1.82, 2.24) is 6.15 Å². The zero-order valence-electron chi connectivity index (χ0n) is 8.44. The number of hydrogen-bond donors (Lipinski definition) is 1. The normalized spacial score (nSPS) is 9.46. The first-order valence-electron chi connectivity index (χ1n) is 4.49. The van der Waals surface area contributed by atoms with Crippen LogP contribution in [0.15, 0.2) is 18.2 Å². The van der Waals surface area contributed by atoms with Crippen LogP contribution >= 0.6 is 11.6 Å².